The number of amides is 3. The molecule has 0 N–H and O–H groups in total. The third-order valence-corrected chi connectivity index (χ3v) is 4.91. The summed E-state index contributed by atoms with van der Waals surface area (Å²) in [5.41, 5.74) is 0.830. The average molecular weight is 424 g/mol. The molecule has 0 aliphatic carbocycles. The second-order valence-electron chi connectivity index (χ2n) is 7.08. The molecule has 1 aromatic carbocycles. The van der Waals surface area contributed by atoms with Gasteiger partial charge in [-0.1, -0.05) is 18.7 Å². The van der Waals surface area contributed by atoms with Gasteiger partial charge in [-0.25, -0.2) is 9.79 Å². The lowest BCUT2D eigenvalue weighted by molar-refractivity contribution is -0.153. The van der Waals surface area contributed by atoms with Crippen molar-refractivity contribution in [1.29, 1.82) is 0 Å². The number of hydrogen-bond donors (Lipinski definition) is 0. The predicted molar refractivity (Wildman–Crippen MR) is 106 cm³/mol. The first-order valence-corrected chi connectivity index (χ1v) is 9.59. The van der Waals surface area contributed by atoms with E-state index in [9.17, 15) is 22.8 Å². The Labute approximate surface area is 172 Å². The first-order chi connectivity index (χ1) is 14.2. The number of halogens is 3. The monoisotopic (exact) mass is 424 g/mol. The van der Waals surface area contributed by atoms with Crippen LogP contribution in [0.5, 0.6) is 5.75 Å². The van der Waals surface area contributed by atoms with E-state index in [0.29, 0.717) is 44.8 Å². The highest BCUT2D eigenvalue weighted by molar-refractivity contribution is 6.21. The summed E-state index contributed by atoms with van der Waals surface area (Å²) in [7, 11) is 0. The van der Waals surface area contributed by atoms with Gasteiger partial charge in [0.25, 0.3) is 5.91 Å². The van der Waals surface area contributed by atoms with Crippen LogP contribution in [0.4, 0.5) is 23.7 Å². The molecule has 0 bridgehead atoms. The molecule has 0 radical (unpaired) electrons. The molecule has 2 aliphatic heterocycles. The summed E-state index contributed by atoms with van der Waals surface area (Å²) in [5.74, 6) is -0.207. The Morgan fingerprint density at radius 3 is 2.47 bits per heavy atom. The Morgan fingerprint density at radius 1 is 1.07 bits per heavy atom. The fourth-order valence-corrected chi connectivity index (χ4v) is 3.38. The number of alkyl halides is 3. The number of imide groups is 1. The van der Waals surface area contributed by atoms with Crippen LogP contribution in [0.25, 0.3) is 0 Å². The molecule has 0 spiro atoms. The zero-order valence-corrected chi connectivity index (χ0v) is 16.4. The fraction of sp³-hybridized carbons (Fsp3) is 0.450. The van der Waals surface area contributed by atoms with Gasteiger partial charge in [-0.3, -0.25) is 14.6 Å². The van der Waals surface area contributed by atoms with Gasteiger partial charge in [0.2, 0.25) is 0 Å². The van der Waals surface area contributed by atoms with E-state index in [4.69, 9.17) is 4.74 Å². The highest BCUT2D eigenvalue weighted by atomic mass is 19.4. The van der Waals surface area contributed by atoms with E-state index in [1.807, 2.05) is 4.90 Å². The number of carbonyl (C=O) groups is 2. The van der Waals surface area contributed by atoms with Gasteiger partial charge in [0.05, 0.1) is 11.3 Å². The molecule has 0 saturated carbocycles. The van der Waals surface area contributed by atoms with Crippen LogP contribution in [0, 0.1) is 0 Å². The van der Waals surface area contributed by atoms with Crippen LogP contribution in [0.2, 0.25) is 0 Å². The number of para-hydroxylation sites is 2. The Morgan fingerprint density at radius 2 is 1.77 bits per heavy atom. The zero-order chi connectivity index (χ0) is 21.7. The molecule has 1 saturated heterocycles. The molecule has 0 unspecified atom stereocenters. The molecule has 0 aromatic heterocycles. The number of benzene rings is 1. The maximum absolute atomic E-state index is 12.5. The minimum atomic E-state index is -4.39. The van der Waals surface area contributed by atoms with E-state index in [0.717, 1.165) is 4.90 Å². The van der Waals surface area contributed by atoms with Crippen molar-refractivity contribution in [2.24, 2.45) is 4.99 Å². The summed E-state index contributed by atoms with van der Waals surface area (Å²) >= 11 is 0. The van der Waals surface area contributed by atoms with Crippen LogP contribution in [0.15, 0.2) is 41.4 Å². The van der Waals surface area contributed by atoms with Crippen molar-refractivity contribution in [1.82, 2.24) is 9.80 Å². The minimum Gasteiger partial charge on any atom is -0.482 e. The first kappa shape index (κ1) is 21.8. The van der Waals surface area contributed by atoms with Crippen molar-refractivity contribution in [3.8, 4) is 5.75 Å². The molecule has 30 heavy (non-hydrogen) atoms. The SMILES string of the molecule is C=C1C=NC(=O)N(CCCN2CCN(c3ccccc3OCC(F)(F)F)CC2)C1=O. The number of ether oxygens (including phenoxy) is 1. The van der Waals surface area contributed by atoms with Gasteiger partial charge >= 0.3 is 12.2 Å². The van der Waals surface area contributed by atoms with Gasteiger partial charge in [0.1, 0.15) is 5.75 Å². The van der Waals surface area contributed by atoms with Gasteiger partial charge in [0.15, 0.2) is 6.61 Å². The van der Waals surface area contributed by atoms with E-state index in [1.165, 1.54) is 12.3 Å². The summed E-state index contributed by atoms with van der Waals surface area (Å²) in [5, 5.41) is 0. The van der Waals surface area contributed by atoms with Gasteiger partial charge in [-0.15, -0.1) is 0 Å². The minimum absolute atomic E-state index is 0.189. The van der Waals surface area contributed by atoms with Crippen LogP contribution in [-0.2, 0) is 4.79 Å². The van der Waals surface area contributed by atoms with Crippen molar-refractivity contribution >= 4 is 23.8 Å². The number of urea groups is 1. The fourth-order valence-electron chi connectivity index (χ4n) is 3.38. The molecule has 3 amide bonds. The van der Waals surface area contributed by atoms with E-state index in [1.54, 1.807) is 18.2 Å². The third-order valence-electron chi connectivity index (χ3n) is 4.91. The Kier molecular flexibility index (Phi) is 6.76. The number of carbonyl (C=O) groups excluding carboxylic acids is 2. The molecule has 1 aromatic rings. The Hall–Kier alpha value is -2.88. The molecule has 0 atom stereocenters. The Balaban J connectivity index is 1.48. The zero-order valence-electron chi connectivity index (χ0n) is 16.4. The highest BCUT2D eigenvalue weighted by Gasteiger charge is 2.30. The summed E-state index contributed by atoms with van der Waals surface area (Å²) < 4.78 is 42.4. The Bertz CT molecular complexity index is 833. The van der Waals surface area contributed by atoms with Crippen molar-refractivity contribution in [2.45, 2.75) is 12.6 Å². The van der Waals surface area contributed by atoms with Crippen LogP contribution >= 0.6 is 0 Å². The topological polar surface area (TPSA) is 65.5 Å². The van der Waals surface area contributed by atoms with E-state index in [-0.39, 0.29) is 17.9 Å². The number of hydrogen-bond acceptors (Lipinski definition) is 5. The number of piperazine rings is 1. The summed E-state index contributed by atoms with van der Waals surface area (Å²) in [4.78, 5) is 32.6. The lowest BCUT2D eigenvalue weighted by Crippen LogP contribution is -2.47. The predicted octanol–water partition coefficient (Wildman–Crippen LogP) is 2.73. The van der Waals surface area contributed by atoms with E-state index in [2.05, 4.69) is 16.5 Å². The van der Waals surface area contributed by atoms with Crippen molar-refractivity contribution in [3.63, 3.8) is 0 Å². The molecule has 1 fully saturated rings. The molecule has 2 aliphatic rings. The number of anilines is 1. The van der Waals surface area contributed by atoms with E-state index >= 15 is 0 Å². The molecule has 162 valence electrons. The molecular formula is C20H23F3N4O3. The van der Waals surface area contributed by atoms with Crippen LogP contribution < -0.4 is 9.64 Å². The summed E-state index contributed by atoms with van der Waals surface area (Å²) in [6.45, 7) is 5.88. The first-order valence-electron chi connectivity index (χ1n) is 9.59. The van der Waals surface area contributed by atoms with Gasteiger partial charge in [0, 0.05) is 38.9 Å². The van der Waals surface area contributed by atoms with Gasteiger partial charge in [-0.05, 0) is 25.1 Å². The smallest absolute Gasteiger partial charge is 0.422 e. The van der Waals surface area contributed by atoms with Crippen molar-refractivity contribution < 1.29 is 27.5 Å². The van der Waals surface area contributed by atoms with Crippen LogP contribution in [0.1, 0.15) is 6.42 Å². The standard InChI is InChI=1S/C20H23F3N4O3/c1-15-13-24-19(29)27(18(15)28)8-4-7-25-9-11-26(12-10-25)16-5-2-3-6-17(16)30-14-20(21,22)23/h2-3,5-6,13H,1,4,7-12,14H2. The van der Waals surface area contributed by atoms with Crippen LogP contribution in [-0.4, -0.2) is 80.0 Å². The van der Waals surface area contributed by atoms with Gasteiger partial charge < -0.3 is 9.64 Å². The average Bonchev–Trinajstić information content (AvgIpc) is 2.72. The molecule has 10 heteroatoms. The van der Waals surface area contributed by atoms with Crippen LogP contribution in [0.3, 0.4) is 0 Å². The number of rotatable bonds is 7. The largest absolute Gasteiger partial charge is 0.482 e. The lowest BCUT2D eigenvalue weighted by Gasteiger charge is -2.37. The highest BCUT2D eigenvalue weighted by Crippen LogP contribution is 2.30. The molecule has 2 heterocycles. The maximum atomic E-state index is 12.5. The quantitative estimate of drug-likeness (QED) is 0.630. The normalized spacial score (nSPS) is 18.3. The third kappa shape index (κ3) is 5.59. The van der Waals surface area contributed by atoms with E-state index < -0.39 is 24.7 Å². The van der Waals surface area contributed by atoms with Gasteiger partial charge in [-0.2, -0.15) is 13.2 Å². The van der Waals surface area contributed by atoms with Crippen molar-refractivity contribution in [3.05, 3.63) is 36.4 Å². The number of nitrogens with zero attached hydrogens (tertiary/aromatic N) is 4. The summed E-state index contributed by atoms with van der Waals surface area (Å²) in [6.07, 6.45) is -2.61. The molecular weight excluding hydrogens is 401 g/mol. The second kappa shape index (κ2) is 9.29. The number of aliphatic imine (C=N–C) groups is 1. The lowest BCUT2D eigenvalue weighted by atomic mass is 10.2. The van der Waals surface area contributed by atoms with Crippen molar-refractivity contribution in [2.75, 3.05) is 50.8 Å². The molecule has 3 rings (SSSR count). The molecule has 7 nitrogen and oxygen atoms in total. The summed E-state index contributed by atoms with van der Waals surface area (Å²) in [6, 6.07) is 6.13. The maximum Gasteiger partial charge on any atom is 0.422 e. The second-order valence-corrected chi connectivity index (χ2v) is 7.08.